The number of nitrogens with zero attached hydrogens (tertiary/aromatic N) is 1. The van der Waals surface area contributed by atoms with Gasteiger partial charge in [-0.2, -0.15) is 0 Å². The molecule has 1 fully saturated rings. The van der Waals surface area contributed by atoms with Crippen LogP contribution in [-0.4, -0.2) is 54.9 Å². The van der Waals surface area contributed by atoms with Crippen LogP contribution in [0.15, 0.2) is 0 Å². The minimum absolute atomic E-state index is 0.205. The summed E-state index contributed by atoms with van der Waals surface area (Å²) in [5.74, 6) is -0.454. The number of rotatable bonds is 14. The second-order valence-electron chi connectivity index (χ2n) is 7.92. The predicted molar refractivity (Wildman–Crippen MR) is 111 cm³/mol. The van der Waals surface area contributed by atoms with Crippen molar-refractivity contribution < 1.29 is 23.2 Å². The van der Waals surface area contributed by atoms with Crippen molar-refractivity contribution in [2.75, 3.05) is 26.3 Å². The van der Waals surface area contributed by atoms with Crippen LogP contribution in [0, 0.1) is 5.92 Å². The summed E-state index contributed by atoms with van der Waals surface area (Å²) >= 11 is 0. The number of amides is 1. The van der Waals surface area contributed by atoms with Crippen molar-refractivity contribution in [1.82, 2.24) is 9.79 Å². The summed E-state index contributed by atoms with van der Waals surface area (Å²) in [6.45, 7) is 8.14. The van der Waals surface area contributed by atoms with Gasteiger partial charge in [0.2, 0.25) is 10.0 Å². The van der Waals surface area contributed by atoms with Gasteiger partial charge >= 0.3 is 0 Å². The lowest BCUT2D eigenvalue weighted by molar-refractivity contribution is -0.132. The lowest BCUT2D eigenvalue weighted by Gasteiger charge is -2.39. The summed E-state index contributed by atoms with van der Waals surface area (Å²) in [6.07, 6.45) is 7.70. The molecule has 0 aromatic heterocycles. The highest BCUT2D eigenvalue weighted by molar-refractivity contribution is 7.91. The minimum atomic E-state index is -3.86. The largest absolute Gasteiger partial charge is 0.381 e. The number of piperidine rings is 1. The highest BCUT2D eigenvalue weighted by atomic mass is 32.2. The molecule has 1 rings (SSSR count). The number of carbonyl (C=O) groups is 1. The average molecular weight is 421 g/mol. The number of sulfonamides is 1. The molecule has 28 heavy (non-hydrogen) atoms. The molecule has 0 aromatic rings. The molecule has 7 nitrogen and oxygen atoms in total. The number of carbonyl (C=O) groups excluding carboxylic acids is 1. The fraction of sp³-hybridized carbons (Fsp3) is 0.950. The first-order chi connectivity index (χ1) is 13.4. The van der Waals surface area contributed by atoms with E-state index in [2.05, 4.69) is 6.92 Å². The zero-order chi connectivity index (χ0) is 21.0. The first-order valence-electron chi connectivity index (χ1n) is 10.9. The lowest BCUT2D eigenvalue weighted by atomic mass is 9.96. The van der Waals surface area contributed by atoms with E-state index in [9.17, 15) is 18.4 Å². The molecule has 166 valence electrons. The van der Waals surface area contributed by atoms with Crippen molar-refractivity contribution in [2.45, 2.75) is 89.7 Å². The number of hydroxylamine groups is 1. The number of ether oxygens (including phenoxy) is 1. The molecule has 1 amide bonds. The Morgan fingerprint density at radius 3 is 2.18 bits per heavy atom. The van der Waals surface area contributed by atoms with Gasteiger partial charge in [0, 0.05) is 26.3 Å². The van der Waals surface area contributed by atoms with Crippen molar-refractivity contribution in [3.63, 3.8) is 0 Å². The van der Waals surface area contributed by atoms with E-state index in [1.165, 1.54) is 23.6 Å². The molecule has 0 radical (unpaired) electrons. The van der Waals surface area contributed by atoms with Crippen LogP contribution in [0.2, 0.25) is 0 Å². The van der Waals surface area contributed by atoms with Gasteiger partial charge in [0.15, 0.2) is 4.75 Å². The summed E-state index contributed by atoms with van der Waals surface area (Å²) in [6, 6.07) is 0. The van der Waals surface area contributed by atoms with E-state index in [0.29, 0.717) is 38.5 Å². The normalized spacial score (nSPS) is 17.0. The van der Waals surface area contributed by atoms with Crippen LogP contribution in [0.25, 0.3) is 0 Å². The number of hydrogen-bond donors (Lipinski definition) is 2. The zero-order valence-electron chi connectivity index (χ0n) is 17.9. The van der Waals surface area contributed by atoms with Crippen LogP contribution in [0.1, 0.15) is 85.0 Å². The van der Waals surface area contributed by atoms with Crippen molar-refractivity contribution >= 4 is 15.9 Å². The van der Waals surface area contributed by atoms with Gasteiger partial charge in [0.1, 0.15) is 0 Å². The summed E-state index contributed by atoms with van der Waals surface area (Å²) in [5, 5.41) is 9.20. The first-order valence-corrected chi connectivity index (χ1v) is 12.4. The van der Waals surface area contributed by atoms with Crippen molar-refractivity contribution in [3.8, 4) is 0 Å². The molecule has 0 spiro atoms. The van der Waals surface area contributed by atoms with Crippen LogP contribution in [-0.2, 0) is 19.6 Å². The molecule has 0 aliphatic carbocycles. The number of unbranched alkanes of at least 4 members (excludes halogenated alkanes) is 3. The molecule has 0 atom stereocenters. The topological polar surface area (TPSA) is 95.9 Å². The Labute approximate surface area is 171 Å². The summed E-state index contributed by atoms with van der Waals surface area (Å²) in [4.78, 5) is 12.4. The fourth-order valence-corrected chi connectivity index (χ4v) is 6.47. The molecule has 2 N–H and O–H groups in total. The molecular formula is C20H40N2O5S. The van der Waals surface area contributed by atoms with E-state index in [1.807, 2.05) is 13.8 Å². The average Bonchev–Trinajstić information content (AvgIpc) is 2.70. The third-order valence-electron chi connectivity index (χ3n) is 5.73. The number of hydrogen-bond acceptors (Lipinski definition) is 5. The second kappa shape index (κ2) is 12.8. The van der Waals surface area contributed by atoms with E-state index >= 15 is 0 Å². The Kier molecular flexibility index (Phi) is 11.6. The van der Waals surface area contributed by atoms with Crippen LogP contribution in [0.5, 0.6) is 0 Å². The molecule has 1 heterocycles. The van der Waals surface area contributed by atoms with Gasteiger partial charge in [-0.15, -0.1) is 0 Å². The van der Waals surface area contributed by atoms with Crippen molar-refractivity contribution in [3.05, 3.63) is 0 Å². The maximum absolute atomic E-state index is 13.4. The van der Waals surface area contributed by atoms with Crippen LogP contribution < -0.4 is 5.48 Å². The third-order valence-corrected chi connectivity index (χ3v) is 8.35. The quantitative estimate of drug-likeness (QED) is 0.255. The van der Waals surface area contributed by atoms with Crippen molar-refractivity contribution in [1.29, 1.82) is 0 Å². The van der Waals surface area contributed by atoms with Crippen LogP contribution >= 0.6 is 0 Å². The lowest BCUT2D eigenvalue weighted by Crippen LogP contribution is -2.58. The van der Waals surface area contributed by atoms with Gasteiger partial charge in [0.25, 0.3) is 5.91 Å². The molecule has 1 aliphatic heterocycles. The summed E-state index contributed by atoms with van der Waals surface area (Å²) in [5.41, 5.74) is 1.61. The van der Waals surface area contributed by atoms with Gasteiger partial charge in [-0.05, 0) is 38.0 Å². The fourth-order valence-electron chi connectivity index (χ4n) is 4.08. The molecule has 0 aromatic carbocycles. The molecule has 0 bridgehead atoms. The molecular weight excluding hydrogens is 380 g/mol. The highest BCUT2D eigenvalue weighted by Crippen LogP contribution is 2.34. The minimum Gasteiger partial charge on any atom is -0.381 e. The zero-order valence-corrected chi connectivity index (χ0v) is 18.7. The Hall–Kier alpha value is -0.700. The van der Waals surface area contributed by atoms with Gasteiger partial charge in [-0.3, -0.25) is 10.0 Å². The predicted octanol–water partition coefficient (Wildman–Crippen LogP) is 3.47. The van der Waals surface area contributed by atoms with Crippen LogP contribution in [0.3, 0.4) is 0 Å². The smallest absolute Gasteiger partial charge is 0.266 e. The number of nitrogens with one attached hydrogen (secondary N) is 1. The Morgan fingerprint density at radius 2 is 1.68 bits per heavy atom. The van der Waals surface area contributed by atoms with Crippen LogP contribution in [0.4, 0.5) is 0 Å². The van der Waals surface area contributed by atoms with E-state index in [1.54, 1.807) is 5.48 Å². The van der Waals surface area contributed by atoms with E-state index in [0.717, 1.165) is 25.9 Å². The van der Waals surface area contributed by atoms with Gasteiger partial charge in [-0.25, -0.2) is 18.2 Å². The van der Waals surface area contributed by atoms with Gasteiger partial charge < -0.3 is 4.74 Å². The maximum atomic E-state index is 13.4. The van der Waals surface area contributed by atoms with Gasteiger partial charge in [0.05, 0.1) is 0 Å². The maximum Gasteiger partial charge on any atom is 0.266 e. The molecule has 0 saturated carbocycles. The summed E-state index contributed by atoms with van der Waals surface area (Å²) < 4.78 is 32.4. The third kappa shape index (κ3) is 6.40. The van der Waals surface area contributed by atoms with E-state index in [-0.39, 0.29) is 12.8 Å². The highest BCUT2D eigenvalue weighted by Gasteiger charge is 2.52. The molecule has 1 saturated heterocycles. The summed E-state index contributed by atoms with van der Waals surface area (Å²) in [7, 11) is -3.86. The van der Waals surface area contributed by atoms with Crippen molar-refractivity contribution in [2.24, 2.45) is 5.92 Å². The molecule has 8 heteroatoms. The Morgan fingerprint density at radius 1 is 1.07 bits per heavy atom. The van der Waals surface area contributed by atoms with E-state index in [4.69, 9.17) is 4.74 Å². The standard InChI is InChI=1S/C20H40N2O5S/c1-4-7-8-9-16-27-17-18-10-14-22(15-11-18)28(25,26)20(12-5-2,13-6-3)19(23)21-24/h18,24H,4-17H2,1-3H3,(H,21,23). The molecule has 0 unspecified atom stereocenters. The monoisotopic (exact) mass is 420 g/mol. The Balaban J connectivity index is 2.68. The molecule has 1 aliphatic rings. The SMILES string of the molecule is CCCCCCOCC1CCN(S(=O)(=O)C(CCC)(CCC)C(=O)NO)CC1. The van der Waals surface area contributed by atoms with Gasteiger partial charge in [-0.1, -0.05) is 52.9 Å². The first kappa shape index (κ1) is 25.3. The second-order valence-corrected chi connectivity index (χ2v) is 10.2. The Bertz CT molecular complexity index is 539. The van der Waals surface area contributed by atoms with E-state index < -0.39 is 20.7 Å².